The van der Waals surface area contributed by atoms with Crippen LogP contribution in [0.4, 0.5) is 14.9 Å². The Morgan fingerprint density at radius 3 is 2.38 bits per heavy atom. The lowest BCUT2D eigenvalue weighted by Crippen LogP contribution is -2.54. The fourth-order valence-corrected chi connectivity index (χ4v) is 3.62. The summed E-state index contributed by atoms with van der Waals surface area (Å²) in [6, 6.07) is 16.5. The van der Waals surface area contributed by atoms with Crippen LogP contribution in [0.3, 0.4) is 0 Å². The van der Waals surface area contributed by atoms with Gasteiger partial charge in [0.2, 0.25) is 0 Å². The molecule has 0 radical (unpaired) electrons. The molecule has 0 atom stereocenters. The number of barbiturate groups is 1. The van der Waals surface area contributed by atoms with Crippen LogP contribution >= 0.6 is 0 Å². The van der Waals surface area contributed by atoms with Gasteiger partial charge in [-0.25, -0.2) is 14.1 Å². The van der Waals surface area contributed by atoms with Crippen molar-refractivity contribution >= 4 is 29.6 Å². The summed E-state index contributed by atoms with van der Waals surface area (Å²) in [7, 11) is 1.48. The van der Waals surface area contributed by atoms with Crippen molar-refractivity contribution in [2.24, 2.45) is 0 Å². The van der Waals surface area contributed by atoms with E-state index in [-0.39, 0.29) is 23.6 Å². The van der Waals surface area contributed by atoms with Crippen LogP contribution in [0.1, 0.15) is 24.5 Å². The van der Waals surface area contributed by atoms with Gasteiger partial charge in [0.15, 0.2) is 0 Å². The zero-order valence-corrected chi connectivity index (χ0v) is 20.3. The molecule has 9 heteroatoms. The van der Waals surface area contributed by atoms with Crippen LogP contribution in [0.5, 0.6) is 17.2 Å². The normalized spacial score (nSPS) is 14.5. The summed E-state index contributed by atoms with van der Waals surface area (Å²) in [6.45, 7) is 2.43. The first-order chi connectivity index (χ1) is 17.9. The van der Waals surface area contributed by atoms with E-state index < -0.39 is 23.7 Å². The number of halogens is 1. The van der Waals surface area contributed by atoms with Crippen LogP contribution in [0.25, 0.3) is 6.08 Å². The molecule has 1 heterocycles. The highest BCUT2D eigenvalue weighted by Crippen LogP contribution is 2.30. The summed E-state index contributed by atoms with van der Waals surface area (Å²) in [5.74, 6) is -0.745. The molecule has 0 saturated carbocycles. The summed E-state index contributed by atoms with van der Waals surface area (Å²) in [4.78, 5) is 39.4. The Morgan fingerprint density at radius 1 is 0.946 bits per heavy atom. The quantitative estimate of drug-likeness (QED) is 0.330. The molecule has 0 bridgehead atoms. The lowest BCUT2D eigenvalue weighted by Gasteiger charge is -2.26. The van der Waals surface area contributed by atoms with Crippen LogP contribution in [0, 0.1) is 5.82 Å². The molecule has 3 aromatic carbocycles. The first-order valence-electron chi connectivity index (χ1n) is 11.6. The predicted octanol–water partition coefficient (Wildman–Crippen LogP) is 4.87. The molecule has 0 spiro atoms. The topological polar surface area (TPSA) is 94.2 Å². The van der Waals surface area contributed by atoms with Crippen molar-refractivity contribution in [1.29, 1.82) is 0 Å². The molecule has 1 N–H and O–H groups in total. The number of carbonyl (C=O) groups is 3. The smallest absolute Gasteiger partial charge is 0.335 e. The SMILES string of the molecule is CCCOc1ccc(N2C(=O)NC(=O)/C(=C/c3ccc(OC)cc3OCc3ccccc3F)C2=O)cc1. The number of nitrogens with zero attached hydrogens (tertiary/aromatic N) is 1. The van der Waals surface area contributed by atoms with E-state index in [0.29, 0.717) is 29.2 Å². The second-order valence-electron chi connectivity index (χ2n) is 8.08. The van der Waals surface area contributed by atoms with Crippen molar-refractivity contribution in [3.8, 4) is 17.2 Å². The van der Waals surface area contributed by atoms with E-state index in [4.69, 9.17) is 14.2 Å². The van der Waals surface area contributed by atoms with E-state index in [1.165, 1.54) is 19.3 Å². The highest BCUT2D eigenvalue weighted by molar-refractivity contribution is 6.39. The van der Waals surface area contributed by atoms with Crippen molar-refractivity contribution < 1.29 is 33.0 Å². The summed E-state index contributed by atoms with van der Waals surface area (Å²) in [5, 5.41) is 2.20. The maximum Gasteiger partial charge on any atom is 0.335 e. The van der Waals surface area contributed by atoms with Gasteiger partial charge in [-0.15, -0.1) is 0 Å². The Balaban J connectivity index is 1.64. The third-order valence-corrected chi connectivity index (χ3v) is 5.53. The standard InChI is InChI=1S/C28H25FN2O6/c1-3-14-36-21-12-9-20(10-13-21)31-27(33)23(26(32)30-28(31)34)15-18-8-11-22(35-2)16-25(18)37-17-19-6-4-5-7-24(19)29/h4-13,15-16H,3,14,17H2,1-2H3,(H,30,32,34)/b23-15-. The zero-order chi connectivity index (χ0) is 26.4. The molecule has 0 aromatic heterocycles. The van der Waals surface area contributed by atoms with Gasteiger partial charge in [0, 0.05) is 17.2 Å². The fourth-order valence-electron chi connectivity index (χ4n) is 3.62. The molecule has 0 aliphatic carbocycles. The van der Waals surface area contributed by atoms with Gasteiger partial charge in [-0.1, -0.05) is 25.1 Å². The van der Waals surface area contributed by atoms with Crippen LogP contribution in [-0.2, 0) is 16.2 Å². The van der Waals surface area contributed by atoms with Crippen LogP contribution in [-0.4, -0.2) is 31.6 Å². The number of anilines is 1. The van der Waals surface area contributed by atoms with Crippen molar-refractivity contribution in [1.82, 2.24) is 5.32 Å². The molecular weight excluding hydrogens is 479 g/mol. The summed E-state index contributed by atoms with van der Waals surface area (Å²) < 4.78 is 30.7. The van der Waals surface area contributed by atoms with Gasteiger partial charge in [-0.3, -0.25) is 14.9 Å². The molecule has 4 rings (SSSR count). The van der Waals surface area contributed by atoms with E-state index in [1.54, 1.807) is 60.7 Å². The number of methoxy groups -OCH3 is 1. The van der Waals surface area contributed by atoms with E-state index >= 15 is 0 Å². The first-order valence-corrected chi connectivity index (χ1v) is 11.6. The second-order valence-corrected chi connectivity index (χ2v) is 8.08. The molecule has 4 amide bonds. The maximum atomic E-state index is 14.1. The molecule has 1 aliphatic heterocycles. The molecule has 1 fully saturated rings. The molecule has 1 aliphatic rings. The minimum atomic E-state index is -0.861. The van der Waals surface area contributed by atoms with Gasteiger partial charge in [0.1, 0.15) is 35.2 Å². The molecule has 8 nitrogen and oxygen atoms in total. The molecule has 37 heavy (non-hydrogen) atoms. The second kappa shape index (κ2) is 11.4. The van der Waals surface area contributed by atoms with Gasteiger partial charge in [-0.05, 0) is 55.0 Å². The van der Waals surface area contributed by atoms with Crippen LogP contribution in [0.15, 0.2) is 72.3 Å². The Kier molecular flexibility index (Phi) is 7.83. The summed E-state index contributed by atoms with van der Waals surface area (Å²) in [5.41, 5.74) is 0.703. The number of imide groups is 2. The number of ether oxygens (including phenoxy) is 3. The van der Waals surface area contributed by atoms with Crippen molar-refractivity contribution in [3.63, 3.8) is 0 Å². The number of rotatable bonds is 9. The van der Waals surface area contributed by atoms with Gasteiger partial charge in [-0.2, -0.15) is 0 Å². The third-order valence-electron chi connectivity index (χ3n) is 5.53. The number of nitrogens with one attached hydrogen (secondary N) is 1. The van der Waals surface area contributed by atoms with Crippen molar-refractivity contribution in [2.75, 3.05) is 18.6 Å². The predicted molar refractivity (Wildman–Crippen MR) is 135 cm³/mol. The fraction of sp³-hybridized carbons (Fsp3) is 0.179. The molecule has 190 valence electrons. The van der Waals surface area contributed by atoms with Gasteiger partial charge < -0.3 is 14.2 Å². The number of amides is 4. The number of hydrogen-bond donors (Lipinski definition) is 1. The minimum Gasteiger partial charge on any atom is -0.497 e. The van der Waals surface area contributed by atoms with Crippen molar-refractivity contribution in [3.05, 3.63) is 89.2 Å². The molecule has 0 unspecified atom stereocenters. The monoisotopic (exact) mass is 504 g/mol. The minimum absolute atomic E-state index is 0.0901. The Labute approximate surface area is 213 Å². The van der Waals surface area contributed by atoms with E-state index in [1.807, 2.05) is 6.92 Å². The van der Waals surface area contributed by atoms with E-state index in [9.17, 15) is 18.8 Å². The third kappa shape index (κ3) is 5.78. The van der Waals surface area contributed by atoms with Crippen molar-refractivity contribution in [2.45, 2.75) is 20.0 Å². The van der Waals surface area contributed by atoms with E-state index in [0.717, 1.165) is 11.3 Å². The zero-order valence-electron chi connectivity index (χ0n) is 20.3. The number of carbonyl (C=O) groups excluding carboxylic acids is 3. The average Bonchev–Trinajstić information content (AvgIpc) is 2.90. The molecular formula is C28H25FN2O6. The summed E-state index contributed by atoms with van der Waals surface area (Å²) >= 11 is 0. The highest BCUT2D eigenvalue weighted by atomic mass is 19.1. The number of urea groups is 1. The molecule has 1 saturated heterocycles. The Morgan fingerprint density at radius 2 is 1.68 bits per heavy atom. The lowest BCUT2D eigenvalue weighted by molar-refractivity contribution is -0.122. The Hall–Kier alpha value is -4.66. The van der Waals surface area contributed by atoms with Crippen LogP contribution in [0.2, 0.25) is 0 Å². The lowest BCUT2D eigenvalue weighted by atomic mass is 10.1. The largest absolute Gasteiger partial charge is 0.497 e. The van der Waals surface area contributed by atoms with Gasteiger partial charge >= 0.3 is 6.03 Å². The van der Waals surface area contributed by atoms with Crippen LogP contribution < -0.4 is 24.4 Å². The Bertz CT molecular complexity index is 1350. The van der Waals surface area contributed by atoms with E-state index in [2.05, 4.69) is 5.32 Å². The summed E-state index contributed by atoms with van der Waals surface area (Å²) in [6.07, 6.45) is 2.16. The average molecular weight is 505 g/mol. The number of benzene rings is 3. The van der Waals surface area contributed by atoms with Gasteiger partial charge in [0.05, 0.1) is 19.4 Å². The maximum absolute atomic E-state index is 14.1. The molecule has 3 aromatic rings. The van der Waals surface area contributed by atoms with Gasteiger partial charge in [0.25, 0.3) is 11.8 Å². The number of hydrogen-bond acceptors (Lipinski definition) is 6. The first kappa shape index (κ1) is 25.4. The highest BCUT2D eigenvalue weighted by Gasteiger charge is 2.37.